The van der Waals surface area contributed by atoms with E-state index in [4.69, 9.17) is 15.2 Å². The first-order valence-electron chi connectivity index (χ1n) is 6.60. The summed E-state index contributed by atoms with van der Waals surface area (Å²) in [5.41, 5.74) is 6.59. The van der Waals surface area contributed by atoms with Gasteiger partial charge in [0.15, 0.2) is 5.82 Å². The lowest BCUT2D eigenvalue weighted by Crippen LogP contribution is -2.35. The number of nitrogens with zero attached hydrogens (tertiary/aromatic N) is 3. The first-order chi connectivity index (χ1) is 9.11. The van der Waals surface area contributed by atoms with Crippen LogP contribution in [0.5, 0.6) is 5.88 Å². The molecule has 0 saturated carbocycles. The van der Waals surface area contributed by atoms with Crippen LogP contribution in [-0.2, 0) is 4.74 Å². The number of nitrogen functional groups attached to an aromatic ring is 1. The van der Waals surface area contributed by atoms with Gasteiger partial charge in [0.25, 0.3) is 0 Å². The summed E-state index contributed by atoms with van der Waals surface area (Å²) in [4.78, 5) is 10.4. The van der Waals surface area contributed by atoms with E-state index < -0.39 is 0 Å². The van der Waals surface area contributed by atoms with E-state index in [-0.39, 0.29) is 6.04 Å². The summed E-state index contributed by atoms with van der Waals surface area (Å²) in [6.45, 7) is 8.15. The molecule has 1 rings (SSSR count). The maximum absolute atomic E-state index is 6.10. The van der Waals surface area contributed by atoms with Crippen molar-refractivity contribution in [3.05, 3.63) is 6.33 Å². The molecule has 0 aliphatic heterocycles. The van der Waals surface area contributed by atoms with Gasteiger partial charge in [-0.1, -0.05) is 6.92 Å². The quantitative estimate of drug-likeness (QED) is 0.773. The van der Waals surface area contributed by atoms with E-state index in [9.17, 15) is 0 Å². The van der Waals surface area contributed by atoms with E-state index in [1.54, 1.807) is 7.11 Å². The van der Waals surface area contributed by atoms with Crippen LogP contribution in [0.25, 0.3) is 0 Å². The molecule has 0 bridgehead atoms. The lowest BCUT2D eigenvalue weighted by molar-refractivity contribution is 0.203. The minimum absolute atomic E-state index is 0.270. The average Bonchev–Trinajstić information content (AvgIpc) is 2.39. The highest BCUT2D eigenvalue weighted by molar-refractivity contribution is 5.68. The Bertz CT molecular complexity index is 385. The number of aromatic nitrogens is 2. The van der Waals surface area contributed by atoms with Crippen molar-refractivity contribution in [1.29, 1.82) is 0 Å². The fourth-order valence-electron chi connectivity index (χ4n) is 1.71. The highest BCUT2D eigenvalue weighted by Gasteiger charge is 2.18. The minimum atomic E-state index is 0.270. The molecule has 0 spiro atoms. The molecule has 0 aromatic carbocycles. The molecule has 6 nitrogen and oxygen atoms in total. The molecule has 0 atom stereocenters. The summed E-state index contributed by atoms with van der Waals surface area (Å²) in [6, 6.07) is 0.270. The lowest BCUT2D eigenvalue weighted by atomic mass is 10.3. The SMILES string of the molecule is CCCOc1ncnc(N(CCOC)C(C)C)c1N. The number of anilines is 2. The molecule has 0 aliphatic rings. The van der Waals surface area contributed by atoms with Crippen LogP contribution in [0.4, 0.5) is 11.5 Å². The molecule has 1 aromatic rings. The second kappa shape index (κ2) is 7.78. The number of methoxy groups -OCH3 is 1. The Morgan fingerprint density at radius 1 is 1.32 bits per heavy atom. The van der Waals surface area contributed by atoms with Gasteiger partial charge in [-0.3, -0.25) is 0 Å². The standard InChI is InChI=1S/C13H24N4O2/c1-5-7-19-13-11(14)12(15-9-16-13)17(10(2)3)6-8-18-4/h9-10H,5-8,14H2,1-4H3. The van der Waals surface area contributed by atoms with Crippen LogP contribution in [0, 0.1) is 0 Å². The Labute approximate surface area is 114 Å². The van der Waals surface area contributed by atoms with Crippen molar-refractivity contribution in [3.63, 3.8) is 0 Å². The number of hydrogen-bond donors (Lipinski definition) is 1. The van der Waals surface area contributed by atoms with E-state index in [0.717, 1.165) is 13.0 Å². The Morgan fingerprint density at radius 3 is 2.63 bits per heavy atom. The van der Waals surface area contributed by atoms with Gasteiger partial charge in [0.2, 0.25) is 5.88 Å². The van der Waals surface area contributed by atoms with Crippen molar-refractivity contribution in [1.82, 2.24) is 9.97 Å². The van der Waals surface area contributed by atoms with Crippen LogP contribution < -0.4 is 15.4 Å². The smallest absolute Gasteiger partial charge is 0.242 e. The molecule has 0 fully saturated rings. The van der Waals surface area contributed by atoms with Crippen LogP contribution in [0.2, 0.25) is 0 Å². The van der Waals surface area contributed by atoms with Gasteiger partial charge in [0.1, 0.15) is 12.0 Å². The van der Waals surface area contributed by atoms with Crippen LogP contribution in [0.1, 0.15) is 27.2 Å². The van der Waals surface area contributed by atoms with Gasteiger partial charge in [0.05, 0.1) is 13.2 Å². The zero-order chi connectivity index (χ0) is 14.3. The van der Waals surface area contributed by atoms with E-state index in [0.29, 0.717) is 30.6 Å². The lowest BCUT2D eigenvalue weighted by Gasteiger charge is -2.28. The topological polar surface area (TPSA) is 73.5 Å². The van der Waals surface area contributed by atoms with Gasteiger partial charge in [-0.25, -0.2) is 4.98 Å². The Kier molecular flexibility index (Phi) is 6.35. The monoisotopic (exact) mass is 268 g/mol. The predicted molar refractivity (Wildman–Crippen MR) is 76.6 cm³/mol. The number of ether oxygens (including phenoxy) is 2. The van der Waals surface area contributed by atoms with Gasteiger partial charge in [0, 0.05) is 19.7 Å². The summed E-state index contributed by atoms with van der Waals surface area (Å²) in [5.74, 6) is 1.16. The number of hydrogen-bond acceptors (Lipinski definition) is 6. The van der Waals surface area contributed by atoms with Gasteiger partial charge < -0.3 is 20.1 Å². The molecular formula is C13H24N4O2. The fourth-order valence-corrected chi connectivity index (χ4v) is 1.71. The fraction of sp³-hybridized carbons (Fsp3) is 0.692. The Hall–Kier alpha value is -1.56. The van der Waals surface area contributed by atoms with Crippen molar-refractivity contribution in [2.75, 3.05) is 37.5 Å². The molecule has 0 radical (unpaired) electrons. The zero-order valence-electron chi connectivity index (χ0n) is 12.2. The van der Waals surface area contributed by atoms with Crippen LogP contribution in [0.3, 0.4) is 0 Å². The predicted octanol–water partition coefficient (Wildman–Crippen LogP) is 1.71. The summed E-state index contributed by atoms with van der Waals surface area (Å²) in [5, 5.41) is 0. The third-order valence-corrected chi connectivity index (χ3v) is 2.70. The van der Waals surface area contributed by atoms with Crippen molar-refractivity contribution in [2.45, 2.75) is 33.2 Å². The van der Waals surface area contributed by atoms with Gasteiger partial charge in [-0.15, -0.1) is 0 Å². The average molecular weight is 268 g/mol. The highest BCUT2D eigenvalue weighted by atomic mass is 16.5. The van der Waals surface area contributed by atoms with Crippen LogP contribution in [0.15, 0.2) is 6.33 Å². The molecule has 2 N–H and O–H groups in total. The second-order valence-electron chi connectivity index (χ2n) is 4.54. The molecule has 108 valence electrons. The number of nitrogens with two attached hydrogens (primary N) is 1. The highest BCUT2D eigenvalue weighted by Crippen LogP contribution is 2.28. The van der Waals surface area contributed by atoms with E-state index in [1.807, 2.05) is 6.92 Å². The molecule has 0 saturated heterocycles. The first-order valence-corrected chi connectivity index (χ1v) is 6.60. The normalized spacial score (nSPS) is 10.8. The summed E-state index contributed by atoms with van der Waals surface area (Å²) >= 11 is 0. The maximum Gasteiger partial charge on any atom is 0.242 e. The largest absolute Gasteiger partial charge is 0.476 e. The molecule has 19 heavy (non-hydrogen) atoms. The summed E-state index contributed by atoms with van der Waals surface area (Å²) < 4.78 is 10.6. The Balaban J connectivity index is 2.95. The summed E-state index contributed by atoms with van der Waals surface area (Å²) in [7, 11) is 1.68. The van der Waals surface area contributed by atoms with E-state index >= 15 is 0 Å². The van der Waals surface area contributed by atoms with Gasteiger partial charge in [-0.2, -0.15) is 4.98 Å². The first kappa shape index (κ1) is 15.5. The van der Waals surface area contributed by atoms with Gasteiger partial charge in [-0.05, 0) is 20.3 Å². The molecule has 1 aromatic heterocycles. The third-order valence-electron chi connectivity index (χ3n) is 2.70. The molecule has 0 aliphatic carbocycles. The number of rotatable bonds is 8. The molecule has 0 unspecified atom stereocenters. The van der Waals surface area contributed by atoms with Crippen molar-refractivity contribution in [2.24, 2.45) is 0 Å². The molecule has 1 heterocycles. The van der Waals surface area contributed by atoms with Crippen molar-refractivity contribution < 1.29 is 9.47 Å². The minimum Gasteiger partial charge on any atom is -0.476 e. The maximum atomic E-state index is 6.10. The van der Waals surface area contributed by atoms with Crippen molar-refractivity contribution >= 4 is 11.5 Å². The van der Waals surface area contributed by atoms with E-state index in [2.05, 4.69) is 28.7 Å². The molecular weight excluding hydrogens is 244 g/mol. The van der Waals surface area contributed by atoms with Crippen LogP contribution >= 0.6 is 0 Å². The van der Waals surface area contributed by atoms with Gasteiger partial charge >= 0.3 is 0 Å². The van der Waals surface area contributed by atoms with E-state index in [1.165, 1.54) is 6.33 Å². The Morgan fingerprint density at radius 2 is 2.05 bits per heavy atom. The summed E-state index contributed by atoms with van der Waals surface area (Å²) in [6.07, 6.45) is 2.40. The zero-order valence-corrected chi connectivity index (χ0v) is 12.2. The molecule has 6 heteroatoms. The van der Waals surface area contributed by atoms with Crippen molar-refractivity contribution in [3.8, 4) is 5.88 Å². The third kappa shape index (κ3) is 4.24. The molecule has 0 amide bonds. The van der Waals surface area contributed by atoms with Crippen LogP contribution in [-0.4, -0.2) is 42.9 Å². The second-order valence-corrected chi connectivity index (χ2v) is 4.54.